The molecule has 1 unspecified atom stereocenters. The number of nitrogens with one attached hydrogen (secondary N) is 1. The number of amides is 1. The van der Waals surface area contributed by atoms with Gasteiger partial charge in [0.2, 0.25) is 5.91 Å². The molecule has 0 aliphatic carbocycles. The van der Waals surface area contributed by atoms with Gasteiger partial charge in [-0.15, -0.1) is 0 Å². The summed E-state index contributed by atoms with van der Waals surface area (Å²) in [6.07, 6.45) is 3.07. The van der Waals surface area contributed by atoms with Crippen molar-refractivity contribution in [3.05, 3.63) is 35.9 Å². The van der Waals surface area contributed by atoms with Gasteiger partial charge in [0.15, 0.2) is 0 Å². The maximum Gasteiger partial charge on any atom is 0.245 e. The number of para-hydroxylation sites is 1. The zero-order chi connectivity index (χ0) is 13.4. The first-order valence-electron chi connectivity index (χ1n) is 5.77. The van der Waals surface area contributed by atoms with E-state index in [4.69, 9.17) is 10.00 Å². The van der Waals surface area contributed by atoms with Crippen LogP contribution >= 0.6 is 0 Å². The summed E-state index contributed by atoms with van der Waals surface area (Å²) in [5.41, 5.74) is 0.833. The van der Waals surface area contributed by atoms with Crippen LogP contribution in [-0.2, 0) is 4.79 Å². The largest absolute Gasteiger partial charge is 0.493 e. The van der Waals surface area contributed by atoms with Crippen LogP contribution in [0.5, 0.6) is 5.75 Å². The number of nitrogens with zero attached hydrogens (tertiary/aromatic N) is 1. The summed E-state index contributed by atoms with van der Waals surface area (Å²) < 4.78 is 5.44. The predicted molar refractivity (Wildman–Crippen MR) is 69.9 cm³/mol. The molecule has 4 heteroatoms. The Morgan fingerprint density at radius 2 is 2.28 bits per heavy atom. The van der Waals surface area contributed by atoms with Gasteiger partial charge in [0, 0.05) is 11.6 Å². The van der Waals surface area contributed by atoms with Gasteiger partial charge in [-0.25, -0.2) is 0 Å². The molecule has 0 aliphatic rings. The van der Waals surface area contributed by atoms with Crippen molar-refractivity contribution in [3.63, 3.8) is 0 Å². The third-order valence-corrected chi connectivity index (χ3v) is 2.19. The van der Waals surface area contributed by atoms with Gasteiger partial charge >= 0.3 is 0 Å². The molecule has 0 fully saturated rings. The first kappa shape index (κ1) is 13.8. The summed E-state index contributed by atoms with van der Waals surface area (Å²) in [6.45, 7) is 4.10. The highest BCUT2D eigenvalue weighted by Gasteiger charge is 2.03. The standard InChI is InChI=1S/C14H16N2O2/c1-3-18-13-7-5-4-6-12(13)8-9-14(17)16-11(2)10-15/h4-9,11H,3H2,1-2H3,(H,16,17). The minimum atomic E-state index is -0.496. The number of ether oxygens (including phenoxy) is 1. The predicted octanol–water partition coefficient (Wildman–Crippen LogP) is 2.13. The molecule has 1 atom stereocenters. The van der Waals surface area contributed by atoms with Crippen molar-refractivity contribution in [1.29, 1.82) is 5.26 Å². The molecular weight excluding hydrogens is 228 g/mol. The highest BCUT2D eigenvalue weighted by atomic mass is 16.5. The van der Waals surface area contributed by atoms with E-state index < -0.39 is 6.04 Å². The molecule has 18 heavy (non-hydrogen) atoms. The fourth-order valence-corrected chi connectivity index (χ4v) is 1.36. The Balaban J connectivity index is 2.72. The molecule has 0 radical (unpaired) electrons. The molecule has 94 valence electrons. The number of carbonyl (C=O) groups excluding carboxylic acids is 1. The van der Waals surface area contributed by atoms with Crippen molar-refractivity contribution in [3.8, 4) is 11.8 Å². The SMILES string of the molecule is CCOc1ccccc1C=CC(=O)NC(C)C#N. The molecule has 0 aliphatic heterocycles. The highest BCUT2D eigenvalue weighted by Crippen LogP contribution is 2.19. The van der Waals surface area contributed by atoms with Crippen molar-refractivity contribution >= 4 is 12.0 Å². The van der Waals surface area contributed by atoms with E-state index in [1.54, 1.807) is 13.0 Å². The van der Waals surface area contributed by atoms with E-state index >= 15 is 0 Å². The van der Waals surface area contributed by atoms with E-state index in [9.17, 15) is 4.79 Å². The van der Waals surface area contributed by atoms with Crippen molar-refractivity contribution in [2.75, 3.05) is 6.61 Å². The van der Waals surface area contributed by atoms with Crippen molar-refractivity contribution in [2.24, 2.45) is 0 Å². The van der Waals surface area contributed by atoms with Crippen LogP contribution in [-0.4, -0.2) is 18.6 Å². The summed E-state index contributed by atoms with van der Waals surface area (Å²) in [5, 5.41) is 11.1. The normalized spacial score (nSPS) is 11.8. The van der Waals surface area contributed by atoms with Crippen LogP contribution in [0.4, 0.5) is 0 Å². The molecule has 1 amide bonds. The van der Waals surface area contributed by atoms with Gasteiger partial charge in [-0.2, -0.15) is 5.26 Å². The number of hydrogen-bond donors (Lipinski definition) is 1. The first-order chi connectivity index (χ1) is 8.67. The third-order valence-electron chi connectivity index (χ3n) is 2.19. The molecule has 4 nitrogen and oxygen atoms in total. The number of nitriles is 1. The third kappa shape index (κ3) is 4.30. The van der Waals surface area contributed by atoms with E-state index in [0.717, 1.165) is 11.3 Å². The number of hydrogen-bond acceptors (Lipinski definition) is 3. The van der Waals surface area contributed by atoms with Crippen LogP contribution in [0.15, 0.2) is 30.3 Å². The smallest absolute Gasteiger partial charge is 0.245 e. The summed E-state index contributed by atoms with van der Waals surface area (Å²) >= 11 is 0. The molecule has 1 aromatic rings. The number of carbonyl (C=O) groups is 1. The summed E-state index contributed by atoms with van der Waals surface area (Å²) in [7, 11) is 0. The van der Waals surface area contributed by atoms with Crippen LogP contribution in [0.3, 0.4) is 0 Å². The maximum atomic E-state index is 11.5. The summed E-state index contributed by atoms with van der Waals surface area (Å²) in [4.78, 5) is 11.5. The van der Waals surface area contributed by atoms with E-state index in [1.807, 2.05) is 37.3 Å². The maximum absolute atomic E-state index is 11.5. The van der Waals surface area contributed by atoms with Crippen molar-refractivity contribution in [2.45, 2.75) is 19.9 Å². The molecule has 1 aromatic carbocycles. The fourth-order valence-electron chi connectivity index (χ4n) is 1.36. The minimum absolute atomic E-state index is 0.296. The van der Waals surface area contributed by atoms with E-state index in [-0.39, 0.29) is 5.91 Å². The first-order valence-corrected chi connectivity index (χ1v) is 5.77. The zero-order valence-electron chi connectivity index (χ0n) is 10.5. The molecular formula is C14H16N2O2. The van der Waals surface area contributed by atoms with Crippen LogP contribution < -0.4 is 10.1 Å². The average Bonchev–Trinajstić information content (AvgIpc) is 2.38. The van der Waals surface area contributed by atoms with Crippen molar-refractivity contribution in [1.82, 2.24) is 5.32 Å². The Labute approximate surface area is 107 Å². The Hall–Kier alpha value is -2.28. The van der Waals surface area contributed by atoms with Crippen LogP contribution in [0, 0.1) is 11.3 Å². The minimum Gasteiger partial charge on any atom is -0.493 e. The van der Waals surface area contributed by atoms with Gasteiger partial charge in [-0.05, 0) is 26.0 Å². The lowest BCUT2D eigenvalue weighted by Gasteiger charge is -2.06. The van der Waals surface area contributed by atoms with Crippen molar-refractivity contribution < 1.29 is 9.53 Å². The van der Waals surface area contributed by atoms with E-state index in [2.05, 4.69) is 5.32 Å². The van der Waals surface area contributed by atoms with Crippen LogP contribution in [0.2, 0.25) is 0 Å². The summed E-state index contributed by atoms with van der Waals surface area (Å²) in [5.74, 6) is 0.438. The lowest BCUT2D eigenvalue weighted by atomic mass is 10.2. The summed E-state index contributed by atoms with van der Waals surface area (Å²) in [6, 6.07) is 8.90. The number of rotatable bonds is 5. The van der Waals surface area contributed by atoms with Crippen LogP contribution in [0.1, 0.15) is 19.4 Å². The number of benzene rings is 1. The highest BCUT2D eigenvalue weighted by molar-refractivity contribution is 5.92. The molecule has 1 rings (SSSR count). The van der Waals surface area contributed by atoms with E-state index in [0.29, 0.717) is 6.61 Å². The van der Waals surface area contributed by atoms with Gasteiger partial charge < -0.3 is 10.1 Å². The topological polar surface area (TPSA) is 62.1 Å². The molecule has 0 aromatic heterocycles. The lowest BCUT2D eigenvalue weighted by molar-refractivity contribution is -0.116. The van der Waals surface area contributed by atoms with Crippen LogP contribution in [0.25, 0.3) is 6.08 Å². The van der Waals surface area contributed by atoms with Gasteiger partial charge in [0.1, 0.15) is 11.8 Å². The molecule has 0 saturated heterocycles. The van der Waals surface area contributed by atoms with Gasteiger partial charge in [0.05, 0.1) is 12.7 Å². The molecule has 1 N–H and O–H groups in total. The van der Waals surface area contributed by atoms with Gasteiger partial charge in [-0.1, -0.05) is 18.2 Å². The van der Waals surface area contributed by atoms with Gasteiger partial charge in [0.25, 0.3) is 0 Å². The Bertz CT molecular complexity index is 475. The Morgan fingerprint density at radius 1 is 1.56 bits per heavy atom. The zero-order valence-corrected chi connectivity index (χ0v) is 10.5. The lowest BCUT2D eigenvalue weighted by Crippen LogP contribution is -2.29. The molecule has 0 bridgehead atoms. The Kier molecular flexibility index (Phi) is 5.46. The fraction of sp³-hybridized carbons (Fsp3) is 0.286. The second-order valence-corrected chi connectivity index (χ2v) is 3.66. The average molecular weight is 244 g/mol. The van der Waals surface area contributed by atoms with Gasteiger partial charge in [-0.3, -0.25) is 4.79 Å². The molecule has 0 spiro atoms. The molecule has 0 heterocycles. The van der Waals surface area contributed by atoms with E-state index in [1.165, 1.54) is 6.08 Å². The Morgan fingerprint density at radius 3 is 2.94 bits per heavy atom. The second kappa shape index (κ2) is 7.13. The monoisotopic (exact) mass is 244 g/mol. The second-order valence-electron chi connectivity index (χ2n) is 3.66. The quantitative estimate of drug-likeness (QED) is 0.807. The molecule has 0 saturated carbocycles.